The van der Waals surface area contributed by atoms with Gasteiger partial charge in [-0.05, 0) is 36.2 Å². The molecule has 0 fully saturated rings. The maximum absolute atomic E-state index is 13.1. The lowest BCUT2D eigenvalue weighted by Crippen LogP contribution is -2.33. The molecule has 0 bridgehead atoms. The molecule has 6 heteroatoms. The van der Waals surface area contributed by atoms with Gasteiger partial charge in [0.05, 0.1) is 23.6 Å². The van der Waals surface area contributed by atoms with Crippen molar-refractivity contribution in [3.63, 3.8) is 0 Å². The van der Waals surface area contributed by atoms with E-state index in [-0.39, 0.29) is 5.43 Å². The van der Waals surface area contributed by atoms with Gasteiger partial charge in [-0.3, -0.25) is 9.69 Å². The second-order valence-corrected chi connectivity index (χ2v) is 6.80. The molecule has 4 rings (SSSR count). The quantitative estimate of drug-likeness (QED) is 0.608. The van der Waals surface area contributed by atoms with Crippen molar-refractivity contribution in [3.05, 3.63) is 58.4 Å². The van der Waals surface area contributed by atoms with Gasteiger partial charge in [0.1, 0.15) is 30.1 Å². The number of hydrogen-bond donors (Lipinski definition) is 0. The molecule has 0 atom stereocenters. The molecule has 1 aliphatic heterocycles. The Kier molecular flexibility index (Phi) is 5.32. The number of rotatable bonds is 6. The Labute approximate surface area is 163 Å². The molecule has 6 nitrogen and oxygen atoms in total. The van der Waals surface area contributed by atoms with Gasteiger partial charge >= 0.3 is 0 Å². The van der Waals surface area contributed by atoms with Crippen molar-refractivity contribution in [2.45, 2.75) is 13.0 Å². The van der Waals surface area contributed by atoms with E-state index in [2.05, 4.69) is 4.90 Å². The maximum Gasteiger partial charge on any atom is 0.200 e. The molecular formula is C22H23NO5. The van der Waals surface area contributed by atoms with Crippen LogP contribution < -0.4 is 14.9 Å². The van der Waals surface area contributed by atoms with Gasteiger partial charge in [0, 0.05) is 26.8 Å². The van der Waals surface area contributed by atoms with Gasteiger partial charge in [0.25, 0.3) is 0 Å². The van der Waals surface area contributed by atoms with Crippen molar-refractivity contribution >= 4 is 11.0 Å². The van der Waals surface area contributed by atoms with Crippen LogP contribution in [0.15, 0.2) is 51.9 Å². The van der Waals surface area contributed by atoms with Crippen LogP contribution in [0.5, 0.6) is 11.5 Å². The zero-order chi connectivity index (χ0) is 19.5. The standard InChI is InChI=1S/C22H23NO5/c1-25-11-3-10-23-12-18-20(28-14-23)9-8-17-21(24)19(13-27-22(17)18)15-4-6-16(26-2)7-5-15/h4-9,13H,3,10-12,14H2,1-2H3. The van der Waals surface area contributed by atoms with Crippen LogP contribution in [0.25, 0.3) is 22.1 Å². The molecular weight excluding hydrogens is 358 g/mol. The zero-order valence-electron chi connectivity index (χ0n) is 16.1. The Hall–Kier alpha value is -2.83. The van der Waals surface area contributed by atoms with Crippen LogP contribution in [0.1, 0.15) is 12.0 Å². The SMILES string of the molecule is COCCCN1COc2ccc3c(=O)c(-c4ccc(OC)cc4)coc3c2C1. The Balaban J connectivity index is 1.69. The minimum atomic E-state index is -0.0503. The average molecular weight is 381 g/mol. The first-order valence-electron chi connectivity index (χ1n) is 9.27. The normalized spacial score (nSPS) is 13.9. The summed E-state index contributed by atoms with van der Waals surface area (Å²) in [5.74, 6) is 1.52. The molecule has 0 radical (unpaired) electrons. The fourth-order valence-electron chi connectivity index (χ4n) is 3.50. The third-order valence-corrected chi connectivity index (χ3v) is 5.01. The molecule has 146 valence electrons. The highest BCUT2D eigenvalue weighted by atomic mass is 16.5. The van der Waals surface area contributed by atoms with E-state index in [0.717, 1.165) is 35.6 Å². The first kappa shape index (κ1) is 18.5. The van der Waals surface area contributed by atoms with Crippen molar-refractivity contribution in [2.24, 2.45) is 0 Å². The Bertz CT molecular complexity index is 1030. The van der Waals surface area contributed by atoms with E-state index in [1.807, 2.05) is 30.3 Å². The third-order valence-electron chi connectivity index (χ3n) is 5.01. The summed E-state index contributed by atoms with van der Waals surface area (Å²) in [7, 11) is 3.31. The summed E-state index contributed by atoms with van der Waals surface area (Å²) in [4.78, 5) is 15.3. The molecule has 0 amide bonds. The van der Waals surface area contributed by atoms with E-state index in [0.29, 0.717) is 36.4 Å². The zero-order valence-corrected chi connectivity index (χ0v) is 16.1. The van der Waals surface area contributed by atoms with E-state index < -0.39 is 0 Å². The van der Waals surface area contributed by atoms with Crippen molar-refractivity contribution in [1.29, 1.82) is 0 Å². The van der Waals surface area contributed by atoms with Gasteiger partial charge in [0.15, 0.2) is 0 Å². The summed E-state index contributed by atoms with van der Waals surface area (Å²) in [6, 6.07) is 11.0. The number of benzene rings is 2. The lowest BCUT2D eigenvalue weighted by Gasteiger charge is -2.29. The monoisotopic (exact) mass is 381 g/mol. The summed E-state index contributed by atoms with van der Waals surface area (Å²) in [5, 5.41) is 0.564. The molecule has 2 heterocycles. The number of methoxy groups -OCH3 is 2. The van der Waals surface area contributed by atoms with Crippen molar-refractivity contribution in [2.75, 3.05) is 34.1 Å². The Morgan fingerprint density at radius 3 is 2.68 bits per heavy atom. The summed E-state index contributed by atoms with van der Waals surface area (Å²) < 4.78 is 22.1. The van der Waals surface area contributed by atoms with Crippen LogP contribution in [0.4, 0.5) is 0 Å². The summed E-state index contributed by atoms with van der Waals surface area (Å²) >= 11 is 0. The second kappa shape index (κ2) is 8.04. The van der Waals surface area contributed by atoms with Gasteiger partial charge in [-0.1, -0.05) is 12.1 Å². The summed E-state index contributed by atoms with van der Waals surface area (Å²) in [6.45, 7) is 2.77. The molecule has 1 aliphatic rings. The number of nitrogens with zero attached hydrogens (tertiary/aromatic N) is 1. The lowest BCUT2D eigenvalue weighted by atomic mass is 10.0. The van der Waals surface area contributed by atoms with Crippen LogP contribution in [-0.2, 0) is 11.3 Å². The van der Waals surface area contributed by atoms with Crippen LogP contribution in [0.2, 0.25) is 0 Å². The lowest BCUT2D eigenvalue weighted by molar-refractivity contribution is 0.0838. The Morgan fingerprint density at radius 2 is 1.93 bits per heavy atom. The molecule has 0 saturated heterocycles. The first-order valence-corrected chi connectivity index (χ1v) is 9.27. The van der Waals surface area contributed by atoms with E-state index in [1.54, 1.807) is 20.3 Å². The average Bonchev–Trinajstić information content (AvgIpc) is 2.74. The largest absolute Gasteiger partial charge is 0.497 e. The van der Waals surface area contributed by atoms with E-state index in [1.165, 1.54) is 6.26 Å². The minimum Gasteiger partial charge on any atom is -0.497 e. The molecule has 0 saturated carbocycles. The first-order chi connectivity index (χ1) is 13.7. The second-order valence-electron chi connectivity index (χ2n) is 6.80. The van der Waals surface area contributed by atoms with Crippen molar-refractivity contribution in [1.82, 2.24) is 4.90 Å². The highest BCUT2D eigenvalue weighted by Crippen LogP contribution is 2.32. The third kappa shape index (κ3) is 3.48. The van der Waals surface area contributed by atoms with Crippen LogP contribution >= 0.6 is 0 Å². The smallest absolute Gasteiger partial charge is 0.200 e. The van der Waals surface area contributed by atoms with E-state index in [9.17, 15) is 4.79 Å². The van der Waals surface area contributed by atoms with Gasteiger partial charge < -0.3 is 18.6 Å². The van der Waals surface area contributed by atoms with Crippen LogP contribution in [0.3, 0.4) is 0 Å². The molecule has 0 spiro atoms. The number of fused-ring (bicyclic) bond motifs is 3. The highest BCUT2D eigenvalue weighted by molar-refractivity contribution is 5.85. The fraction of sp³-hybridized carbons (Fsp3) is 0.318. The predicted molar refractivity (Wildman–Crippen MR) is 107 cm³/mol. The molecule has 28 heavy (non-hydrogen) atoms. The highest BCUT2D eigenvalue weighted by Gasteiger charge is 2.22. The van der Waals surface area contributed by atoms with E-state index >= 15 is 0 Å². The van der Waals surface area contributed by atoms with Crippen molar-refractivity contribution in [3.8, 4) is 22.6 Å². The molecule has 0 aliphatic carbocycles. The number of ether oxygens (including phenoxy) is 3. The molecule has 0 N–H and O–H groups in total. The van der Waals surface area contributed by atoms with Crippen LogP contribution in [-0.4, -0.2) is 39.0 Å². The summed E-state index contributed by atoms with van der Waals surface area (Å²) in [6.07, 6.45) is 2.46. The van der Waals surface area contributed by atoms with Crippen molar-refractivity contribution < 1.29 is 18.6 Å². The van der Waals surface area contributed by atoms with Gasteiger partial charge in [0.2, 0.25) is 5.43 Å². The fourth-order valence-corrected chi connectivity index (χ4v) is 3.50. The topological polar surface area (TPSA) is 61.1 Å². The van der Waals surface area contributed by atoms with Gasteiger partial charge in [-0.25, -0.2) is 0 Å². The molecule has 0 unspecified atom stereocenters. The van der Waals surface area contributed by atoms with Gasteiger partial charge in [-0.2, -0.15) is 0 Å². The minimum absolute atomic E-state index is 0.0503. The molecule has 1 aromatic heterocycles. The van der Waals surface area contributed by atoms with Crippen LogP contribution in [0, 0.1) is 0 Å². The van der Waals surface area contributed by atoms with E-state index in [4.69, 9.17) is 18.6 Å². The Morgan fingerprint density at radius 1 is 1.11 bits per heavy atom. The molecule has 2 aromatic carbocycles. The van der Waals surface area contributed by atoms with Gasteiger partial charge in [-0.15, -0.1) is 0 Å². The predicted octanol–water partition coefficient (Wildman–Crippen LogP) is 3.66. The number of hydrogen-bond acceptors (Lipinski definition) is 6. The summed E-state index contributed by atoms with van der Waals surface area (Å²) in [5.41, 5.74) is 2.79. The maximum atomic E-state index is 13.1. The molecule has 3 aromatic rings.